The van der Waals surface area contributed by atoms with Gasteiger partial charge in [0.1, 0.15) is 11.5 Å². The Morgan fingerprint density at radius 1 is 1.36 bits per heavy atom. The normalized spacial score (nSPS) is 16.6. The first kappa shape index (κ1) is 11.1. The molecule has 1 aliphatic rings. The van der Waals surface area contributed by atoms with Gasteiger partial charge in [-0.15, -0.1) is 6.42 Å². The molecule has 14 heavy (non-hydrogen) atoms. The molecule has 0 unspecified atom stereocenters. The minimum absolute atomic E-state index is 0.322. The number of amides is 1. The molecular weight excluding hydrogens is 202 g/mol. The number of rotatable bonds is 3. The van der Waals surface area contributed by atoms with Gasteiger partial charge in [0.15, 0.2) is 9.84 Å². The zero-order valence-corrected chi connectivity index (χ0v) is 8.72. The van der Waals surface area contributed by atoms with Crippen molar-refractivity contribution in [3.63, 3.8) is 0 Å². The van der Waals surface area contributed by atoms with E-state index < -0.39 is 15.6 Å². The molecular formula is C9H13NO3S. The molecule has 4 nitrogen and oxygen atoms in total. The maximum absolute atomic E-state index is 11.4. The Kier molecular flexibility index (Phi) is 3.53. The first-order chi connectivity index (χ1) is 6.55. The van der Waals surface area contributed by atoms with Crippen molar-refractivity contribution in [3.05, 3.63) is 0 Å². The fourth-order valence-electron chi connectivity index (χ4n) is 1.42. The molecule has 0 aromatic rings. The highest BCUT2D eigenvalue weighted by molar-refractivity contribution is 7.92. The van der Waals surface area contributed by atoms with Crippen LogP contribution in [0, 0.1) is 12.3 Å². The molecule has 0 atom stereocenters. The Bertz CT molecular complexity index is 347. The zero-order valence-electron chi connectivity index (χ0n) is 7.90. The topological polar surface area (TPSA) is 54.5 Å². The molecule has 1 aliphatic heterocycles. The van der Waals surface area contributed by atoms with Crippen LogP contribution in [0.3, 0.4) is 0 Å². The van der Waals surface area contributed by atoms with Crippen LogP contribution in [0.15, 0.2) is 0 Å². The second-order valence-corrected chi connectivity index (χ2v) is 5.39. The molecule has 0 aromatic carbocycles. The van der Waals surface area contributed by atoms with Crippen LogP contribution in [0.4, 0.5) is 0 Å². The van der Waals surface area contributed by atoms with E-state index in [0.29, 0.717) is 13.1 Å². The van der Waals surface area contributed by atoms with Gasteiger partial charge in [-0.25, -0.2) is 8.42 Å². The van der Waals surface area contributed by atoms with Gasteiger partial charge in [-0.1, -0.05) is 5.92 Å². The summed E-state index contributed by atoms with van der Waals surface area (Å²) in [6, 6.07) is 0. The van der Waals surface area contributed by atoms with E-state index in [4.69, 9.17) is 6.42 Å². The molecule has 78 valence electrons. The molecule has 1 fully saturated rings. The molecule has 0 N–H and O–H groups in total. The average Bonchev–Trinajstić information content (AvgIpc) is 2.53. The maximum atomic E-state index is 11.4. The van der Waals surface area contributed by atoms with E-state index in [1.54, 1.807) is 4.90 Å². The van der Waals surface area contributed by atoms with Crippen molar-refractivity contribution >= 4 is 15.7 Å². The summed E-state index contributed by atoms with van der Waals surface area (Å²) < 4.78 is 22.4. The molecule has 0 spiro atoms. The Labute approximate surface area is 84.2 Å². The van der Waals surface area contributed by atoms with E-state index in [0.717, 1.165) is 12.8 Å². The third-order valence-electron chi connectivity index (χ3n) is 2.11. The van der Waals surface area contributed by atoms with E-state index in [-0.39, 0.29) is 11.7 Å². The summed E-state index contributed by atoms with van der Waals surface area (Å²) in [4.78, 5) is 13.0. The van der Waals surface area contributed by atoms with E-state index in [2.05, 4.69) is 0 Å². The van der Waals surface area contributed by atoms with Gasteiger partial charge in [-0.05, 0) is 12.8 Å². The van der Waals surface area contributed by atoms with Crippen molar-refractivity contribution in [1.82, 2.24) is 4.90 Å². The van der Waals surface area contributed by atoms with Gasteiger partial charge in [0.05, 0.1) is 0 Å². The van der Waals surface area contributed by atoms with Crippen LogP contribution >= 0.6 is 0 Å². The van der Waals surface area contributed by atoms with Gasteiger partial charge >= 0.3 is 0 Å². The molecule has 1 heterocycles. The first-order valence-corrected chi connectivity index (χ1v) is 6.29. The number of likely N-dealkylation sites (tertiary alicyclic amines) is 1. The van der Waals surface area contributed by atoms with Crippen LogP contribution in [0.25, 0.3) is 0 Å². The SMILES string of the molecule is C#CCS(=O)(=O)CC(=O)N1CCCC1. The Balaban J connectivity index is 2.52. The van der Waals surface area contributed by atoms with Gasteiger partial charge in [0, 0.05) is 13.1 Å². The second kappa shape index (κ2) is 4.47. The fourth-order valence-corrected chi connectivity index (χ4v) is 2.34. The quantitative estimate of drug-likeness (QED) is 0.605. The molecule has 1 amide bonds. The van der Waals surface area contributed by atoms with Crippen LogP contribution in [-0.2, 0) is 14.6 Å². The standard InChI is InChI=1S/C9H13NO3S/c1-2-7-14(12,13)8-9(11)10-5-3-4-6-10/h1H,3-8H2. The highest BCUT2D eigenvalue weighted by Gasteiger charge is 2.23. The molecule has 0 radical (unpaired) electrons. The summed E-state index contributed by atoms with van der Waals surface area (Å²) in [5, 5.41) is 0. The van der Waals surface area contributed by atoms with Crippen molar-refractivity contribution in [2.24, 2.45) is 0 Å². The summed E-state index contributed by atoms with van der Waals surface area (Å²) in [7, 11) is -3.40. The van der Waals surface area contributed by atoms with E-state index in [9.17, 15) is 13.2 Å². The van der Waals surface area contributed by atoms with Gasteiger partial charge in [0.2, 0.25) is 5.91 Å². The highest BCUT2D eigenvalue weighted by atomic mass is 32.2. The molecule has 0 aromatic heterocycles. The largest absolute Gasteiger partial charge is 0.342 e. The maximum Gasteiger partial charge on any atom is 0.237 e. The lowest BCUT2D eigenvalue weighted by molar-refractivity contribution is -0.127. The minimum atomic E-state index is -3.40. The van der Waals surface area contributed by atoms with Crippen molar-refractivity contribution in [3.8, 4) is 12.3 Å². The molecule has 0 aliphatic carbocycles. The van der Waals surface area contributed by atoms with Crippen LogP contribution in [0.2, 0.25) is 0 Å². The lowest BCUT2D eigenvalue weighted by atomic mass is 10.4. The molecule has 5 heteroatoms. The number of carbonyl (C=O) groups is 1. The van der Waals surface area contributed by atoms with Gasteiger partial charge in [-0.2, -0.15) is 0 Å². The van der Waals surface area contributed by atoms with E-state index in [1.807, 2.05) is 5.92 Å². The third-order valence-corrected chi connectivity index (χ3v) is 3.40. The number of carbonyl (C=O) groups excluding carboxylic acids is 1. The number of hydrogen-bond donors (Lipinski definition) is 0. The summed E-state index contributed by atoms with van der Waals surface area (Å²) in [6.07, 6.45) is 6.81. The van der Waals surface area contributed by atoms with Crippen molar-refractivity contribution < 1.29 is 13.2 Å². The summed E-state index contributed by atoms with van der Waals surface area (Å²) in [6.45, 7) is 1.34. The molecule has 0 saturated carbocycles. The number of nitrogens with zero attached hydrogens (tertiary/aromatic N) is 1. The second-order valence-electron chi connectivity index (χ2n) is 3.32. The van der Waals surface area contributed by atoms with Gasteiger partial charge < -0.3 is 4.90 Å². The Morgan fingerprint density at radius 3 is 2.43 bits per heavy atom. The smallest absolute Gasteiger partial charge is 0.237 e. The zero-order chi connectivity index (χ0) is 10.6. The van der Waals surface area contributed by atoms with E-state index >= 15 is 0 Å². The Hall–Kier alpha value is -1.02. The first-order valence-electron chi connectivity index (χ1n) is 4.47. The van der Waals surface area contributed by atoms with Crippen molar-refractivity contribution in [1.29, 1.82) is 0 Å². The van der Waals surface area contributed by atoms with Crippen LogP contribution in [-0.4, -0.2) is 43.8 Å². The number of sulfone groups is 1. The van der Waals surface area contributed by atoms with Gasteiger partial charge in [-0.3, -0.25) is 4.79 Å². The number of terminal acetylenes is 1. The summed E-state index contributed by atoms with van der Waals surface area (Å²) >= 11 is 0. The lowest BCUT2D eigenvalue weighted by Crippen LogP contribution is -2.33. The fraction of sp³-hybridized carbons (Fsp3) is 0.667. The van der Waals surface area contributed by atoms with Crippen LogP contribution in [0.1, 0.15) is 12.8 Å². The number of hydrogen-bond acceptors (Lipinski definition) is 3. The predicted molar refractivity (Wildman–Crippen MR) is 53.3 cm³/mol. The summed E-state index contributed by atoms with van der Waals surface area (Å²) in [5.74, 6) is 0.922. The van der Waals surface area contributed by atoms with Crippen molar-refractivity contribution in [2.75, 3.05) is 24.6 Å². The third kappa shape index (κ3) is 3.04. The molecule has 1 saturated heterocycles. The monoisotopic (exact) mass is 215 g/mol. The van der Waals surface area contributed by atoms with E-state index in [1.165, 1.54) is 0 Å². The van der Waals surface area contributed by atoms with Crippen molar-refractivity contribution in [2.45, 2.75) is 12.8 Å². The Morgan fingerprint density at radius 2 is 1.93 bits per heavy atom. The van der Waals surface area contributed by atoms with Crippen LogP contribution < -0.4 is 0 Å². The van der Waals surface area contributed by atoms with Gasteiger partial charge in [0.25, 0.3) is 0 Å². The molecule has 1 rings (SSSR count). The van der Waals surface area contributed by atoms with Crippen LogP contribution in [0.5, 0.6) is 0 Å². The molecule has 0 bridgehead atoms. The predicted octanol–water partition coefficient (Wildman–Crippen LogP) is -0.343. The average molecular weight is 215 g/mol. The lowest BCUT2D eigenvalue weighted by Gasteiger charge is -2.14. The summed E-state index contributed by atoms with van der Waals surface area (Å²) in [5.41, 5.74) is 0. The highest BCUT2D eigenvalue weighted by Crippen LogP contribution is 2.08. The minimum Gasteiger partial charge on any atom is -0.342 e.